The summed E-state index contributed by atoms with van der Waals surface area (Å²) in [6.45, 7) is 1.36. The Labute approximate surface area is 166 Å². The number of nitrogens with zero attached hydrogens (tertiary/aromatic N) is 2. The maximum Gasteiger partial charge on any atom is 0.191 e. The first-order valence-electron chi connectivity index (χ1n) is 7.54. The Kier molecular flexibility index (Phi) is 8.92. The Bertz CT molecular complexity index is 656. The number of hydrogen-bond donors (Lipinski definition) is 2. The fourth-order valence-electron chi connectivity index (χ4n) is 2.14. The maximum absolute atomic E-state index is 6.16. The Hall–Kier alpha value is -1.47. The molecule has 0 aliphatic carbocycles. The van der Waals surface area contributed by atoms with Crippen molar-refractivity contribution in [3.63, 3.8) is 0 Å². The summed E-state index contributed by atoms with van der Waals surface area (Å²) in [4.78, 5) is 6.32. The lowest BCUT2D eigenvalue weighted by molar-refractivity contribution is 0.809. The fraction of sp³-hybridized carbons (Fsp3) is 0.278. The molecule has 0 saturated carbocycles. The molecule has 2 aromatic rings. The van der Waals surface area contributed by atoms with Gasteiger partial charge in [-0.3, -0.25) is 4.99 Å². The summed E-state index contributed by atoms with van der Waals surface area (Å²) in [6.07, 6.45) is 0. The van der Waals surface area contributed by atoms with Gasteiger partial charge in [-0.15, -0.1) is 24.0 Å². The van der Waals surface area contributed by atoms with E-state index in [0.29, 0.717) is 6.54 Å². The molecule has 2 rings (SSSR count). The van der Waals surface area contributed by atoms with Crippen molar-refractivity contribution in [3.05, 3.63) is 64.7 Å². The van der Waals surface area contributed by atoms with Crippen LogP contribution in [0.4, 0.5) is 5.69 Å². The van der Waals surface area contributed by atoms with E-state index in [1.807, 2.05) is 38.4 Å². The van der Waals surface area contributed by atoms with Crippen molar-refractivity contribution in [2.45, 2.75) is 13.1 Å². The van der Waals surface area contributed by atoms with Gasteiger partial charge in [-0.05, 0) is 29.3 Å². The highest BCUT2D eigenvalue weighted by molar-refractivity contribution is 14.0. The molecule has 0 aliphatic rings. The minimum atomic E-state index is 0. The van der Waals surface area contributed by atoms with Gasteiger partial charge in [0.25, 0.3) is 0 Å². The lowest BCUT2D eigenvalue weighted by Gasteiger charge is -2.14. The van der Waals surface area contributed by atoms with Crippen LogP contribution < -0.4 is 15.5 Å². The molecule has 4 nitrogen and oxygen atoms in total. The fourth-order valence-corrected chi connectivity index (χ4v) is 2.34. The van der Waals surface area contributed by atoms with Crippen molar-refractivity contribution in [1.29, 1.82) is 0 Å². The third kappa shape index (κ3) is 6.20. The van der Waals surface area contributed by atoms with Crippen LogP contribution in [0.15, 0.2) is 53.5 Å². The molecule has 0 aromatic heterocycles. The molecule has 0 aliphatic heterocycles. The van der Waals surface area contributed by atoms with Crippen LogP contribution in [0.3, 0.4) is 0 Å². The Morgan fingerprint density at radius 3 is 2.21 bits per heavy atom. The number of anilines is 1. The molecule has 24 heavy (non-hydrogen) atoms. The molecule has 0 atom stereocenters. The first kappa shape index (κ1) is 20.6. The molecule has 6 heteroatoms. The summed E-state index contributed by atoms with van der Waals surface area (Å²) < 4.78 is 0. The molecule has 2 N–H and O–H groups in total. The molecule has 0 saturated heterocycles. The zero-order valence-corrected chi connectivity index (χ0v) is 17.3. The van der Waals surface area contributed by atoms with Gasteiger partial charge in [-0.2, -0.15) is 0 Å². The third-order valence-electron chi connectivity index (χ3n) is 3.54. The first-order valence-corrected chi connectivity index (χ1v) is 7.92. The SMILES string of the molecule is CN=C(NCc1ccc(N(C)C)cc1)NCc1ccccc1Cl.I. The highest BCUT2D eigenvalue weighted by Gasteiger charge is 2.02. The van der Waals surface area contributed by atoms with Gasteiger partial charge in [0.1, 0.15) is 0 Å². The Morgan fingerprint density at radius 2 is 1.62 bits per heavy atom. The van der Waals surface area contributed by atoms with Crippen LogP contribution in [0.1, 0.15) is 11.1 Å². The van der Waals surface area contributed by atoms with Crippen LogP contribution in [0.25, 0.3) is 0 Å². The quantitative estimate of drug-likeness (QED) is 0.406. The van der Waals surface area contributed by atoms with E-state index in [1.165, 1.54) is 11.3 Å². The molecule has 0 heterocycles. The number of aliphatic imine (C=N–C) groups is 1. The van der Waals surface area contributed by atoms with Crippen LogP contribution in [0.2, 0.25) is 5.02 Å². The average molecular weight is 459 g/mol. The number of nitrogens with one attached hydrogen (secondary N) is 2. The highest BCUT2D eigenvalue weighted by Crippen LogP contribution is 2.14. The minimum Gasteiger partial charge on any atom is -0.378 e. The second-order valence-electron chi connectivity index (χ2n) is 5.43. The minimum absolute atomic E-state index is 0. The van der Waals surface area contributed by atoms with Crippen molar-refractivity contribution in [2.75, 3.05) is 26.0 Å². The van der Waals surface area contributed by atoms with Gasteiger partial charge >= 0.3 is 0 Å². The summed E-state index contributed by atoms with van der Waals surface area (Å²) >= 11 is 6.16. The van der Waals surface area contributed by atoms with Crippen LogP contribution in [0.5, 0.6) is 0 Å². The molecule has 0 amide bonds. The van der Waals surface area contributed by atoms with Crippen molar-refractivity contribution >= 4 is 47.2 Å². The van der Waals surface area contributed by atoms with E-state index in [-0.39, 0.29) is 24.0 Å². The van der Waals surface area contributed by atoms with Crippen molar-refractivity contribution in [3.8, 4) is 0 Å². The average Bonchev–Trinajstić information content (AvgIpc) is 2.57. The van der Waals surface area contributed by atoms with Gasteiger partial charge in [-0.1, -0.05) is 41.9 Å². The number of halogens is 2. The van der Waals surface area contributed by atoms with Crippen LogP contribution in [-0.4, -0.2) is 27.1 Å². The van der Waals surface area contributed by atoms with E-state index in [9.17, 15) is 0 Å². The summed E-state index contributed by atoms with van der Waals surface area (Å²) in [6, 6.07) is 16.2. The Balaban J connectivity index is 0.00000288. The summed E-state index contributed by atoms with van der Waals surface area (Å²) in [5, 5.41) is 7.34. The largest absolute Gasteiger partial charge is 0.378 e. The second-order valence-corrected chi connectivity index (χ2v) is 5.84. The summed E-state index contributed by atoms with van der Waals surface area (Å²) in [7, 11) is 5.83. The van der Waals surface area contributed by atoms with Crippen molar-refractivity contribution in [1.82, 2.24) is 10.6 Å². The van der Waals surface area contributed by atoms with E-state index < -0.39 is 0 Å². The smallest absolute Gasteiger partial charge is 0.191 e. The number of rotatable bonds is 5. The van der Waals surface area contributed by atoms with Gasteiger partial charge < -0.3 is 15.5 Å². The normalized spacial score (nSPS) is 10.8. The van der Waals surface area contributed by atoms with Gasteiger partial charge in [0.05, 0.1) is 0 Å². The van der Waals surface area contributed by atoms with E-state index in [0.717, 1.165) is 23.1 Å². The molecule has 0 fully saturated rings. The third-order valence-corrected chi connectivity index (χ3v) is 3.91. The highest BCUT2D eigenvalue weighted by atomic mass is 127. The van der Waals surface area contributed by atoms with E-state index in [1.54, 1.807) is 7.05 Å². The van der Waals surface area contributed by atoms with Gasteiger partial charge in [0, 0.05) is 44.9 Å². The van der Waals surface area contributed by atoms with Crippen molar-refractivity contribution < 1.29 is 0 Å². The molecular weight excluding hydrogens is 435 g/mol. The number of hydrogen-bond acceptors (Lipinski definition) is 2. The lowest BCUT2D eigenvalue weighted by Crippen LogP contribution is -2.36. The second kappa shape index (κ2) is 10.4. The summed E-state index contributed by atoms with van der Waals surface area (Å²) in [5.41, 5.74) is 3.44. The van der Waals surface area contributed by atoms with Crippen LogP contribution >= 0.6 is 35.6 Å². The first-order chi connectivity index (χ1) is 11.1. The standard InChI is InChI=1S/C18H23ClN4.HI/c1-20-18(22-13-15-6-4-5-7-17(15)19)21-12-14-8-10-16(11-9-14)23(2)3;/h4-11H,12-13H2,1-3H3,(H2,20,21,22);1H. The zero-order chi connectivity index (χ0) is 16.7. The zero-order valence-electron chi connectivity index (χ0n) is 14.2. The van der Waals surface area contributed by atoms with Gasteiger partial charge in [0.2, 0.25) is 0 Å². The molecule has 130 valence electrons. The number of guanidine groups is 1. The van der Waals surface area contributed by atoms with E-state index in [4.69, 9.17) is 11.6 Å². The topological polar surface area (TPSA) is 39.7 Å². The lowest BCUT2D eigenvalue weighted by atomic mass is 10.2. The molecule has 0 unspecified atom stereocenters. The van der Waals surface area contributed by atoms with Crippen LogP contribution in [0, 0.1) is 0 Å². The molecule has 0 radical (unpaired) electrons. The molecular formula is C18H24ClIN4. The maximum atomic E-state index is 6.16. The Morgan fingerprint density at radius 1 is 1.00 bits per heavy atom. The molecule has 0 bridgehead atoms. The molecule has 2 aromatic carbocycles. The van der Waals surface area contributed by atoms with Gasteiger partial charge in [0.15, 0.2) is 5.96 Å². The molecule has 0 spiro atoms. The number of benzene rings is 2. The summed E-state index contributed by atoms with van der Waals surface area (Å²) in [5.74, 6) is 0.751. The van der Waals surface area contributed by atoms with E-state index >= 15 is 0 Å². The predicted molar refractivity (Wildman–Crippen MR) is 115 cm³/mol. The van der Waals surface area contributed by atoms with Crippen molar-refractivity contribution in [2.24, 2.45) is 4.99 Å². The van der Waals surface area contributed by atoms with Crippen LogP contribution in [-0.2, 0) is 13.1 Å². The van der Waals surface area contributed by atoms with E-state index in [2.05, 4.69) is 44.8 Å². The predicted octanol–water partition coefficient (Wildman–Crippen LogP) is 3.89. The monoisotopic (exact) mass is 458 g/mol. The van der Waals surface area contributed by atoms with Gasteiger partial charge in [-0.25, -0.2) is 0 Å².